The molecule has 0 aliphatic carbocycles. The molecular formula is C15H20FN3. The summed E-state index contributed by atoms with van der Waals surface area (Å²) in [7, 11) is 0. The summed E-state index contributed by atoms with van der Waals surface area (Å²) in [4.78, 5) is 0. The molecular weight excluding hydrogens is 241 g/mol. The van der Waals surface area contributed by atoms with Crippen LogP contribution in [0.1, 0.15) is 31.0 Å². The first-order chi connectivity index (χ1) is 9.04. The molecule has 0 aliphatic heterocycles. The largest absolute Gasteiger partial charge is 0.306 e. The average Bonchev–Trinajstić information content (AvgIpc) is 2.75. The van der Waals surface area contributed by atoms with E-state index in [-0.39, 0.29) is 11.9 Å². The van der Waals surface area contributed by atoms with E-state index in [9.17, 15) is 4.39 Å². The van der Waals surface area contributed by atoms with Gasteiger partial charge in [-0.3, -0.25) is 4.68 Å². The van der Waals surface area contributed by atoms with Gasteiger partial charge in [-0.25, -0.2) is 4.39 Å². The second-order valence-corrected chi connectivity index (χ2v) is 5.08. The maximum Gasteiger partial charge on any atom is 0.123 e. The van der Waals surface area contributed by atoms with Gasteiger partial charge in [0.15, 0.2) is 0 Å². The predicted molar refractivity (Wildman–Crippen MR) is 74.4 cm³/mol. The Bertz CT molecular complexity index is 518. The lowest BCUT2D eigenvalue weighted by atomic mass is 10.1. The van der Waals surface area contributed by atoms with Crippen molar-refractivity contribution in [1.29, 1.82) is 0 Å². The van der Waals surface area contributed by atoms with Gasteiger partial charge in [0.05, 0.1) is 12.7 Å². The number of aryl methyl sites for hydroxylation is 1. The molecule has 0 amide bonds. The number of aromatic nitrogens is 2. The fraction of sp³-hybridized carbons (Fsp3) is 0.400. The van der Waals surface area contributed by atoms with E-state index in [1.165, 1.54) is 17.7 Å². The van der Waals surface area contributed by atoms with Gasteiger partial charge in [-0.05, 0) is 44.0 Å². The summed E-state index contributed by atoms with van der Waals surface area (Å²) >= 11 is 0. The van der Waals surface area contributed by atoms with Crippen molar-refractivity contribution in [2.45, 2.75) is 39.4 Å². The average molecular weight is 261 g/mol. The van der Waals surface area contributed by atoms with Crippen LogP contribution in [0, 0.1) is 12.7 Å². The Morgan fingerprint density at radius 2 is 1.95 bits per heavy atom. The third-order valence-electron chi connectivity index (χ3n) is 3.13. The summed E-state index contributed by atoms with van der Waals surface area (Å²) < 4.78 is 14.8. The van der Waals surface area contributed by atoms with Gasteiger partial charge in [0, 0.05) is 18.3 Å². The van der Waals surface area contributed by atoms with E-state index in [0.29, 0.717) is 6.04 Å². The predicted octanol–water partition coefficient (Wildman–Crippen LogP) is 3.07. The van der Waals surface area contributed by atoms with E-state index in [0.717, 1.165) is 12.1 Å². The lowest BCUT2D eigenvalue weighted by Gasteiger charge is -2.20. The van der Waals surface area contributed by atoms with Crippen molar-refractivity contribution in [2.75, 3.05) is 0 Å². The Labute approximate surface area is 113 Å². The van der Waals surface area contributed by atoms with Crippen LogP contribution in [0.25, 0.3) is 0 Å². The van der Waals surface area contributed by atoms with Crippen molar-refractivity contribution in [1.82, 2.24) is 15.1 Å². The monoisotopic (exact) mass is 261 g/mol. The molecule has 1 aromatic carbocycles. The van der Waals surface area contributed by atoms with Crippen LogP contribution in [-0.2, 0) is 6.54 Å². The number of halogens is 1. The highest BCUT2D eigenvalue weighted by Crippen LogP contribution is 2.13. The van der Waals surface area contributed by atoms with Gasteiger partial charge >= 0.3 is 0 Å². The van der Waals surface area contributed by atoms with E-state index < -0.39 is 0 Å². The molecule has 0 radical (unpaired) electrons. The van der Waals surface area contributed by atoms with Crippen molar-refractivity contribution in [3.05, 3.63) is 53.6 Å². The summed E-state index contributed by atoms with van der Waals surface area (Å²) in [6.45, 7) is 7.05. The smallest absolute Gasteiger partial charge is 0.123 e. The summed E-state index contributed by atoms with van der Waals surface area (Å²) in [5.41, 5.74) is 2.25. The molecule has 0 fully saturated rings. The number of nitrogens with one attached hydrogen (secondary N) is 1. The minimum Gasteiger partial charge on any atom is -0.306 e. The van der Waals surface area contributed by atoms with Crippen LogP contribution in [0.15, 0.2) is 36.7 Å². The number of benzene rings is 1. The van der Waals surface area contributed by atoms with Gasteiger partial charge in [0.1, 0.15) is 5.82 Å². The van der Waals surface area contributed by atoms with E-state index in [4.69, 9.17) is 0 Å². The number of hydrogen-bond acceptors (Lipinski definition) is 2. The lowest BCUT2D eigenvalue weighted by Crippen LogP contribution is -2.32. The molecule has 19 heavy (non-hydrogen) atoms. The Morgan fingerprint density at radius 1 is 1.26 bits per heavy atom. The highest BCUT2D eigenvalue weighted by atomic mass is 19.1. The summed E-state index contributed by atoms with van der Waals surface area (Å²) in [5, 5.41) is 7.76. The fourth-order valence-corrected chi connectivity index (χ4v) is 2.17. The molecule has 1 N–H and O–H groups in total. The zero-order chi connectivity index (χ0) is 13.8. The molecule has 3 nitrogen and oxygen atoms in total. The number of hydrogen-bond donors (Lipinski definition) is 1. The molecule has 0 unspecified atom stereocenters. The van der Waals surface area contributed by atoms with Crippen LogP contribution in [0.4, 0.5) is 4.39 Å². The Kier molecular flexibility index (Phi) is 4.32. The molecule has 4 heteroatoms. The third-order valence-corrected chi connectivity index (χ3v) is 3.13. The van der Waals surface area contributed by atoms with Crippen LogP contribution in [-0.4, -0.2) is 15.8 Å². The molecule has 0 saturated heterocycles. The van der Waals surface area contributed by atoms with Crippen molar-refractivity contribution >= 4 is 0 Å². The molecule has 2 aromatic rings. The van der Waals surface area contributed by atoms with Crippen LogP contribution in [0.3, 0.4) is 0 Å². The second kappa shape index (κ2) is 5.97. The molecule has 102 valence electrons. The van der Waals surface area contributed by atoms with Crippen LogP contribution >= 0.6 is 0 Å². The van der Waals surface area contributed by atoms with E-state index >= 15 is 0 Å². The molecule has 0 aliphatic rings. The molecule has 2 rings (SSSR count). The first-order valence-corrected chi connectivity index (χ1v) is 6.55. The van der Waals surface area contributed by atoms with Gasteiger partial charge in [0.2, 0.25) is 0 Å². The standard InChI is InChI=1S/C15H20FN3/c1-11-8-17-19(9-11)10-12(2)18-13(3)14-4-6-15(16)7-5-14/h4-9,12-13,18H,10H2,1-3H3/t12-,13+/m0/s1. The maximum absolute atomic E-state index is 12.9. The zero-order valence-electron chi connectivity index (χ0n) is 11.6. The molecule has 2 atom stereocenters. The van der Waals surface area contributed by atoms with Crippen molar-refractivity contribution in [3.8, 4) is 0 Å². The Morgan fingerprint density at radius 3 is 2.53 bits per heavy atom. The molecule has 1 aromatic heterocycles. The van der Waals surface area contributed by atoms with E-state index in [2.05, 4.69) is 24.3 Å². The SMILES string of the molecule is Cc1cnn(C[C@H](C)N[C@H](C)c2ccc(F)cc2)c1. The number of nitrogens with zero attached hydrogens (tertiary/aromatic N) is 2. The third kappa shape index (κ3) is 3.89. The summed E-state index contributed by atoms with van der Waals surface area (Å²) in [5.74, 6) is -0.198. The quantitative estimate of drug-likeness (QED) is 0.896. The minimum atomic E-state index is -0.198. The maximum atomic E-state index is 12.9. The molecule has 0 spiro atoms. The van der Waals surface area contributed by atoms with Crippen molar-refractivity contribution in [2.24, 2.45) is 0 Å². The summed E-state index contributed by atoms with van der Waals surface area (Å²) in [6, 6.07) is 7.10. The lowest BCUT2D eigenvalue weighted by molar-refractivity contribution is 0.412. The second-order valence-electron chi connectivity index (χ2n) is 5.08. The summed E-state index contributed by atoms with van der Waals surface area (Å²) in [6.07, 6.45) is 3.89. The van der Waals surface area contributed by atoms with Gasteiger partial charge < -0.3 is 5.32 Å². The van der Waals surface area contributed by atoms with Crippen molar-refractivity contribution in [3.63, 3.8) is 0 Å². The van der Waals surface area contributed by atoms with Crippen LogP contribution < -0.4 is 5.32 Å². The van der Waals surface area contributed by atoms with Crippen LogP contribution in [0.5, 0.6) is 0 Å². The first-order valence-electron chi connectivity index (χ1n) is 6.55. The topological polar surface area (TPSA) is 29.9 Å². The van der Waals surface area contributed by atoms with Crippen LogP contribution in [0.2, 0.25) is 0 Å². The van der Waals surface area contributed by atoms with E-state index in [1.54, 1.807) is 0 Å². The molecule has 0 bridgehead atoms. The molecule has 0 saturated carbocycles. The Balaban J connectivity index is 1.91. The molecule has 1 heterocycles. The van der Waals surface area contributed by atoms with Gasteiger partial charge in [-0.2, -0.15) is 5.10 Å². The highest BCUT2D eigenvalue weighted by molar-refractivity contribution is 5.19. The van der Waals surface area contributed by atoms with E-state index in [1.807, 2.05) is 36.1 Å². The number of rotatable bonds is 5. The first kappa shape index (κ1) is 13.7. The fourth-order valence-electron chi connectivity index (χ4n) is 2.17. The van der Waals surface area contributed by atoms with Gasteiger partial charge in [-0.15, -0.1) is 0 Å². The van der Waals surface area contributed by atoms with Gasteiger partial charge in [0.25, 0.3) is 0 Å². The highest BCUT2D eigenvalue weighted by Gasteiger charge is 2.10. The minimum absolute atomic E-state index is 0.187. The Hall–Kier alpha value is -1.68. The van der Waals surface area contributed by atoms with Gasteiger partial charge in [-0.1, -0.05) is 12.1 Å². The normalized spacial score (nSPS) is 14.3. The van der Waals surface area contributed by atoms with Crippen molar-refractivity contribution < 1.29 is 4.39 Å². The zero-order valence-corrected chi connectivity index (χ0v) is 11.6.